The minimum atomic E-state index is -0.930. The van der Waals surface area contributed by atoms with Gasteiger partial charge < -0.3 is 14.9 Å². The second-order valence-corrected chi connectivity index (χ2v) is 7.97. The normalized spacial score (nSPS) is 42.3. The molecular weight excluding hydrogens is 288 g/mol. The molecule has 5 atom stereocenters. The Kier molecular flexibility index (Phi) is 5.55. The minimum absolute atomic E-state index is 0.0884. The first-order valence-electron chi connectivity index (χ1n) is 8.70. The summed E-state index contributed by atoms with van der Waals surface area (Å²) in [4.78, 5) is 0. The zero-order valence-electron chi connectivity index (χ0n) is 15.0. The van der Waals surface area contributed by atoms with Gasteiger partial charge in [0, 0.05) is 5.92 Å². The molecule has 2 heterocycles. The molecule has 0 aliphatic carbocycles. The Labute approximate surface area is 140 Å². The van der Waals surface area contributed by atoms with Crippen molar-refractivity contribution in [3.8, 4) is 0 Å². The maximum atomic E-state index is 10.8. The van der Waals surface area contributed by atoms with Gasteiger partial charge >= 0.3 is 0 Å². The lowest BCUT2D eigenvalue weighted by Crippen LogP contribution is -2.39. The van der Waals surface area contributed by atoms with Crippen LogP contribution in [0.4, 0.5) is 0 Å². The van der Waals surface area contributed by atoms with Crippen LogP contribution in [0.1, 0.15) is 59.8 Å². The van der Waals surface area contributed by atoms with Gasteiger partial charge in [-0.15, -0.1) is 0 Å². The third-order valence-corrected chi connectivity index (χ3v) is 5.26. The predicted molar refractivity (Wildman–Crippen MR) is 94.2 cm³/mol. The molecule has 2 bridgehead atoms. The van der Waals surface area contributed by atoms with Gasteiger partial charge in [0.15, 0.2) is 0 Å². The molecule has 23 heavy (non-hydrogen) atoms. The largest absolute Gasteiger partial charge is 0.387 e. The van der Waals surface area contributed by atoms with E-state index in [2.05, 4.69) is 26.5 Å². The number of hydrogen-bond donors (Lipinski definition) is 2. The summed E-state index contributed by atoms with van der Waals surface area (Å²) in [6.07, 6.45) is 9.47. The third kappa shape index (κ3) is 4.79. The molecule has 2 rings (SSSR count). The molecule has 1 fully saturated rings. The van der Waals surface area contributed by atoms with Crippen molar-refractivity contribution in [3.05, 3.63) is 36.0 Å². The van der Waals surface area contributed by atoms with Crippen LogP contribution in [-0.4, -0.2) is 33.6 Å². The first-order valence-corrected chi connectivity index (χ1v) is 8.70. The fourth-order valence-electron chi connectivity index (χ4n) is 3.63. The van der Waals surface area contributed by atoms with Gasteiger partial charge in [0.1, 0.15) is 0 Å². The molecule has 5 unspecified atom stereocenters. The van der Waals surface area contributed by atoms with Crippen molar-refractivity contribution in [1.82, 2.24) is 0 Å². The molecule has 2 aliphatic rings. The Morgan fingerprint density at radius 2 is 2.04 bits per heavy atom. The van der Waals surface area contributed by atoms with E-state index in [9.17, 15) is 10.2 Å². The summed E-state index contributed by atoms with van der Waals surface area (Å²) in [6, 6.07) is 0. The maximum absolute atomic E-state index is 10.8. The van der Waals surface area contributed by atoms with Gasteiger partial charge in [-0.3, -0.25) is 0 Å². The van der Waals surface area contributed by atoms with Gasteiger partial charge in [-0.25, -0.2) is 0 Å². The number of aliphatic hydroxyl groups is 2. The molecule has 0 radical (unpaired) electrons. The smallest absolute Gasteiger partial charge is 0.0914 e. The summed E-state index contributed by atoms with van der Waals surface area (Å²) >= 11 is 0. The van der Waals surface area contributed by atoms with E-state index in [1.54, 1.807) is 0 Å². The summed E-state index contributed by atoms with van der Waals surface area (Å²) < 4.78 is 6.24. The van der Waals surface area contributed by atoms with E-state index < -0.39 is 11.2 Å². The number of hydrogen-bond acceptors (Lipinski definition) is 3. The van der Waals surface area contributed by atoms with E-state index in [1.807, 2.05) is 26.0 Å². The SMILES string of the molecule is C=C(C)C1CC2OC1CC(C)=CCCC(C)(O)C=CCC2(C)O. The number of rotatable bonds is 1. The molecule has 0 aromatic rings. The van der Waals surface area contributed by atoms with E-state index in [1.165, 1.54) is 5.57 Å². The lowest BCUT2D eigenvalue weighted by Gasteiger charge is -2.29. The van der Waals surface area contributed by atoms with Crippen molar-refractivity contribution < 1.29 is 14.9 Å². The number of fused-ring (bicyclic) bond motifs is 2. The highest BCUT2D eigenvalue weighted by atomic mass is 16.5. The lowest BCUT2D eigenvalue weighted by molar-refractivity contribution is -0.0918. The van der Waals surface area contributed by atoms with Crippen molar-refractivity contribution >= 4 is 0 Å². The first-order chi connectivity index (χ1) is 10.6. The van der Waals surface area contributed by atoms with E-state index in [0.717, 1.165) is 24.8 Å². The summed E-state index contributed by atoms with van der Waals surface area (Å²) in [6.45, 7) is 11.9. The molecule has 3 heteroatoms. The first kappa shape index (κ1) is 18.4. The fourth-order valence-corrected chi connectivity index (χ4v) is 3.63. The van der Waals surface area contributed by atoms with E-state index >= 15 is 0 Å². The Balaban J connectivity index is 2.27. The highest BCUT2D eigenvalue weighted by Gasteiger charge is 2.43. The Morgan fingerprint density at radius 3 is 2.70 bits per heavy atom. The highest BCUT2D eigenvalue weighted by Crippen LogP contribution is 2.40. The molecule has 0 saturated carbocycles. The van der Waals surface area contributed by atoms with Gasteiger partial charge in [0.2, 0.25) is 0 Å². The zero-order valence-corrected chi connectivity index (χ0v) is 15.0. The molecule has 2 N–H and O–H groups in total. The van der Waals surface area contributed by atoms with Crippen LogP contribution in [0, 0.1) is 5.92 Å². The number of ether oxygens (including phenoxy) is 1. The topological polar surface area (TPSA) is 49.7 Å². The van der Waals surface area contributed by atoms with E-state index in [0.29, 0.717) is 18.8 Å². The minimum Gasteiger partial charge on any atom is -0.387 e. The van der Waals surface area contributed by atoms with E-state index in [-0.39, 0.29) is 12.2 Å². The van der Waals surface area contributed by atoms with Crippen molar-refractivity contribution in [2.75, 3.05) is 0 Å². The van der Waals surface area contributed by atoms with Crippen LogP contribution in [0.3, 0.4) is 0 Å². The summed E-state index contributed by atoms with van der Waals surface area (Å²) in [5.74, 6) is 0.296. The average molecular weight is 320 g/mol. The van der Waals surface area contributed by atoms with Gasteiger partial charge in [-0.05, 0) is 59.8 Å². The van der Waals surface area contributed by atoms with Crippen molar-refractivity contribution in [2.45, 2.75) is 83.2 Å². The fraction of sp³-hybridized carbons (Fsp3) is 0.700. The van der Waals surface area contributed by atoms with Crippen LogP contribution in [0.25, 0.3) is 0 Å². The van der Waals surface area contributed by atoms with Crippen molar-refractivity contribution in [3.63, 3.8) is 0 Å². The molecule has 1 saturated heterocycles. The highest BCUT2D eigenvalue weighted by molar-refractivity contribution is 5.13. The molecular formula is C20H32O3. The zero-order chi connectivity index (χ0) is 17.3. The lowest BCUT2D eigenvalue weighted by atomic mass is 9.84. The second kappa shape index (κ2) is 6.92. The number of allylic oxidation sites excluding steroid dienone is 1. The van der Waals surface area contributed by atoms with Crippen LogP contribution in [0.15, 0.2) is 36.0 Å². The average Bonchev–Trinajstić information content (AvgIpc) is 2.81. The molecule has 0 amide bonds. The van der Waals surface area contributed by atoms with E-state index in [4.69, 9.17) is 4.74 Å². The quantitative estimate of drug-likeness (QED) is 0.720. The molecule has 130 valence electrons. The summed E-state index contributed by atoms with van der Waals surface area (Å²) in [5.41, 5.74) is 0.647. The molecule has 0 spiro atoms. The molecule has 0 aromatic carbocycles. The second-order valence-electron chi connectivity index (χ2n) is 7.97. The van der Waals surface area contributed by atoms with Crippen LogP contribution in [-0.2, 0) is 4.74 Å². The third-order valence-electron chi connectivity index (χ3n) is 5.26. The molecule has 3 nitrogen and oxygen atoms in total. The Hall–Kier alpha value is -0.900. The van der Waals surface area contributed by atoms with Crippen molar-refractivity contribution in [1.29, 1.82) is 0 Å². The Morgan fingerprint density at radius 1 is 1.35 bits per heavy atom. The van der Waals surface area contributed by atoms with Crippen LogP contribution < -0.4 is 0 Å². The molecule has 0 aromatic heterocycles. The monoisotopic (exact) mass is 320 g/mol. The van der Waals surface area contributed by atoms with Gasteiger partial charge in [0.25, 0.3) is 0 Å². The summed E-state index contributed by atoms with van der Waals surface area (Å²) in [7, 11) is 0. The van der Waals surface area contributed by atoms with Crippen molar-refractivity contribution in [2.24, 2.45) is 5.92 Å². The maximum Gasteiger partial charge on any atom is 0.0914 e. The van der Waals surface area contributed by atoms with Crippen LogP contribution in [0.5, 0.6) is 0 Å². The predicted octanol–water partition coefficient (Wildman–Crippen LogP) is 3.91. The van der Waals surface area contributed by atoms with Crippen LogP contribution >= 0.6 is 0 Å². The Bertz CT molecular complexity index is 499. The molecule has 2 aliphatic heterocycles. The standard InChI is InChI=1S/C20H32O3/c1-14(2)16-13-18-20(5,22)11-7-10-19(4,21)9-6-8-15(3)12-17(16)23-18/h7-8,10,16-18,21-22H,1,6,9,11-13H2,2-5H3. The van der Waals surface area contributed by atoms with Crippen LogP contribution in [0.2, 0.25) is 0 Å². The summed E-state index contributed by atoms with van der Waals surface area (Å²) in [5, 5.41) is 21.2. The van der Waals surface area contributed by atoms with Gasteiger partial charge in [-0.2, -0.15) is 0 Å². The van der Waals surface area contributed by atoms with Gasteiger partial charge in [-0.1, -0.05) is 36.0 Å². The van der Waals surface area contributed by atoms with Gasteiger partial charge in [0.05, 0.1) is 23.4 Å².